The summed E-state index contributed by atoms with van der Waals surface area (Å²) in [7, 11) is 0. The maximum absolute atomic E-state index is 4.43. The molecule has 2 heteroatoms. The molecule has 2 nitrogen and oxygen atoms in total. The van der Waals surface area contributed by atoms with Gasteiger partial charge < -0.3 is 4.90 Å². The number of hydrogen-bond donors (Lipinski definition) is 0. The van der Waals surface area contributed by atoms with Gasteiger partial charge in [0.05, 0.1) is 5.84 Å². The molecule has 0 aliphatic carbocycles. The van der Waals surface area contributed by atoms with E-state index in [1.807, 2.05) is 0 Å². The Hall–Kier alpha value is -0.530. The number of aliphatic imine (C=N–C) groups is 1. The lowest BCUT2D eigenvalue weighted by molar-refractivity contribution is 0.460. The summed E-state index contributed by atoms with van der Waals surface area (Å²) in [4.78, 5) is 6.70. The lowest BCUT2D eigenvalue weighted by Crippen LogP contribution is -2.28. The molecule has 0 radical (unpaired) electrons. The Bertz CT molecular complexity index is 115. The van der Waals surface area contributed by atoms with E-state index in [2.05, 4.69) is 37.6 Å². The zero-order valence-corrected chi connectivity index (χ0v) is 8.22. The van der Waals surface area contributed by atoms with Gasteiger partial charge in [0.15, 0.2) is 0 Å². The number of amidine groups is 1. The number of hydrogen-bond acceptors (Lipinski definition) is 1. The lowest BCUT2D eigenvalue weighted by atomic mass is 10.4. The van der Waals surface area contributed by atoms with Crippen molar-refractivity contribution in [2.45, 2.75) is 34.1 Å². The minimum Gasteiger partial charge on any atom is -0.361 e. The molecule has 0 bridgehead atoms. The van der Waals surface area contributed by atoms with Gasteiger partial charge in [-0.15, -0.1) is 0 Å². The minimum atomic E-state index is 0.961. The van der Waals surface area contributed by atoms with Crippen LogP contribution < -0.4 is 0 Å². The molecule has 11 heavy (non-hydrogen) atoms. The molecule has 0 aliphatic heterocycles. The first-order valence-corrected chi connectivity index (χ1v) is 4.52. The van der Waals surface area contributed by atoms with Gasteiger partial charge in [-0.3, -0.25) is 4.99 Å². The average molecular weight is 156 g/mol. The van der Waals surface area contributed by atoms with Crippen LogP contribution in [0.4, 0.5) is 0 Å². The van der Waals surface area contributed by atoms with Gasteiger partial charge in [-0.1, -0.05) is 6.92 Å². The standard InChI is InChI=1S/C9H20N2/c1-5-8-10-9(4)11(6-2)7-3/h5-8H2,1-4H3. The van der Waals surface area contributed by atoms with E-state index in [1.165, 1.54) is 5.84 Å². The van der Waals surface area contributed by atoms with Crippen LogP contribution in [0.5, 0.6) is 0 Å². The molecule has 0 unspecified atom stereocenters. The van der Waals surface area contributed by atoms with Crippen molar-refractivity contribution in [1.82, 2.24) is 4.90 Å². The Morgan fingerprint density at radius 2 is 1.73 bits per heavy atom. The van der Waals surface area contributed by atoms with Crippen molar-refractivity contribution in [3.8, 4) is 0 Å². The topological polar surface area (TPSA) is 15.6 Å². The highest BCUT2D eigenvalue weighted by Gasteiger charge is 1.98. The summed E-state index contributed by atoms with van der Waals surface area (Å²) < 4.78 is 0. The smallest absolute Gasteiger partial charge is 0.0957 e. The fourth-order valence-corrected chi connectivity index (χ4v) is 1.05. The highest BCUT2D eigenvalue weighted by Crippen LogP contribution is 1.91. The van der Waals surface area contributed by atoms with Gasteiger partial charge in [0, 0.05) is 19.6 Å². The Balaban J connectivity index is 3.85. The SMILES string of the molecule is CCCN=C(C)N(CC)CC. The predicted molar refractivity (Wildman–Crippen MR) is 51.2 cm³/mol. The molecule has 0 atom stereocenters. The molecule has 0 N–H and O–H groups in total. The van der Waals surface area contributed by atoms with Crippen molar-refractivity contribution in [1.29, 1.82) is 0 Å². The van der Waals surface area contributed by atoms with E-state index in [-0.39, 0.29) is 0 Å². The molecule has 0 aromatic rings. The van der Waals surface area contributed by atoms with Crippen molar-refractivity contribution < 1.29 is 0 Å². The van der Waals surface area contributed by atoms with E-state index in [0.717, 1.165) is 26.1 Å². The quantitative estimate of drug-likeness (QED) is 0.450. The summed E-state index contributed by atoms with van der Waals surface area (Å²) >= 11 is 0. The first-order chi connectivity index (χ1) is 5.26. The maximum Gasteiger partial charge on any atom is 0.0957 e. The summed E-state index contributed by atoms with van der Waals surface area (Å²) in [5.41, 5.74) is 0. The van der Waals surface area contributed by atoms with Crippen molar-refractivity contribution >= 4 is 5.84 Å². The van der Waals surface area contributed by atoms with Crippen molar-refractivity contribution in [3.63, 3.8) is 0 Å². The van der Waals surface area contributed by atoms with Crippen LogP contribution in [0.15, 0.2) is 4.99 Å². The van der Waals surface area contributed by atoms with Crippen LogP contribution in [0.2, 0.25) is 0 Å². The highest BCUT2D eigenvalue weighted by atomic mass is 15.2. The largest absolute Gasteiger partial charge is 0.361 e. The highest BCUT2D eigenvalue weighted by molar-refractivity contribution is 5.79. The van der Waals surface area contributed by atoms with Gasteiger partial charge in [-0.2, -0.15) is 0 Å². The average Bonchev–Trinajstić information content (AvgIpc) is 2.03. The number of nitrogens with zero attached hydrogens (tertiary/aromatic N) is 2. The van der Waals surface area contributed by atoms with Gasteiger partial charge in [0.25, 0.3) is 0 Å². The summed E-state index contributed by atoms with van der Waals surface area (Å²) in [6.45, 7) is 11.7. The summed E-state index contributed by atoms with van der Waals surface area (Å²) in [6.07, 6.45) is 1.14. The van der Waals surface area contributed by atoms with Gasteiger partial charge in [0.1, 0.15) is 0 Å². The van der Waals surface area contributed by atoms with Gasteiger partial charge in [-0.25, -0.2) is 0 Å². The summed E-state index contributed by atoms with van der Waals surface area (Å²) in [5.74, 6) is 1.18. The summed E-state index contributed by atoms with van der Waals surface area (Å²) in [5, 5.41) is 0. The van der Waals surface area contributed by atoms with Gasteiger partial charge in [-0.05, 0) is 27.2 Å². The molecule has 0 rings (SSSR count). The molecule has 0 saturated heterocycles. The predicted octanol–water partition coefficient (Wildman–Crippen LogP) is 2.16. The van der Waals surface area contributed by atoms with Crippen molar-refractivity contribution in [2.24, 2.45) is 4.99 Å². The molecular weight excluding hydrogens is 136 g/mol. The van der Waals surface area contributed by atoms with E-state index >= 15 is 0 Å². The molecule has 0 spiro atoms. The lowest BCUT2D eigenvalue weighted by Gasteiger charge is -2.19. The summed E-state index contributed by atoms with van der Waals surface area (Å²) in [6, 6.07) is 0. The molecule has 0 aromatic heterocycles. The second-order valence-electron chi connectivity index (χ2n) is 2.60. The van der Waals surface area contributed by atoms with E-state index in [0.29, 0.717) is 0 Å². The van der Waals surface area contributed by atoms with Crippen molar-refractivity contribution in [3.05, 3.63) is 0 Å². The molecule has 0 aromatic carbocycles. The molecule has 66 valence electrons. The molecule has 0 amide bonds. The first kappa shape index (κ1) is 10.5. The van der Waals surface area contributed by atoms with E-state index < -0.39 is 0 Å². The normalized spacial score (nSPS) is 11.8. The molecule has 0 fully saturated rings. The zero-order valence-electron chi connectivity index (χ0n) is 8.22. The molecule has 0 heterocycles. The first-order valence-electron chi connectivity index (χ1n) is 4.52. The van der Waals surface area contributed by atoms with Crippen molar-refractivity contribution in [2.75, 3.05) is 19.6 Å². The van der Waals surface area contributed by atoms with Crippen LogP contribution in [-0.2, 0) is 0 Å². The number of rotatable bonds is 4. The van der Waals surface area contributed by atoms with Crippen LogP contribution in [0.25, 0.3) is 0 Å². The van der Waals surface area contributed by atoms with Gasteiger partial charge in [0.2, 0.25) is 0 Å². The molecule has 0 saturated carbocycles. The molecular formula is C9H20N2. The van der Waals surface area contributed by atoms with E-state index in [4.69, 9.17) is 0 Å². The zero-order chi connectivity index (χ0) is 8.69. The van der Waals surface area contributed by atoms with Crippen LogP contribution >= 0.6 is 0 Å². The fraction of sp³-hybridized carbons (Fsp3) is 0.889. The maximum atomic E-state index is 4.43. The fourth-order valence-electron chi connectivity index (χ4n) is 1.05. The van der Waals surface area contributed by atoms with Crippen LogP contribution in [0.1, 0.15) is 34.1 Å². The minimum absolute atomic E-state index is 0.961. The third-order valence-corrected chi connectivity index (χ3v) is 1.79. The van der Waals surface area contributed by atoms with Crippen LogP contribution in [0, 0.1) is 0 Å². The Morgan fingerprint density at radius 3 is 2.09 bits per heavy atom. The Morgan fingerprint density at radius 1 is 1.18 bits per heavy atom. The Kier molecular flexibility index (Phi) is 5.90. The molecule has 0 aliphatic rings. The third-order valence-electron chi connectivity index (χ3n) is 1.79. The Labute approximate surface area is 70.3 Å². The second kappa shape index (κ2) is 6.20. The van der Waals surface area contributed by atoms with E-state index in [1.54, 1.807) is 0 Å². The third kappa shape index (κ3) is 4.02. The van der Waals surface area contributed by atoms with Crippen LogP contribution in [-0.4, -0.2) is 30.4 Å². The van der Waals surface area contributed by atoms with Gasteiger partial charge >= 0.3 is 0 Å². The van der Waals surface area contributed by atoms with Crippen LogP contribution in [0.3, 0.4) is 0 Å². The van der Waals surface area contributed by atoms with E-state index in [9.17, 15) is 0 Å². The second-order valence-corrected chi connectivity index (χ2v) is 2.60. The monoisotopic (exact) mass is 156 g/mol.